The third kappa shape index (κ3) is 1.91. The number of aliphatic imine (C=N–C) groups is 1. The number of H-pyrrole nitrogens is 2. The average molecular weight is 291 g/mol. The van der Waals surface area contributed by atoms with E-state index in [1.807, 2.05) is 0 Å². The van der Waals surface area contributed by atoms with Crippen molar-refractivity contribution in [2.24, 2.45) is 10.7 Å². The molecule has 20 heavy (non-hydrogen) atoms. The van der Waals surface area contributed by atoms with Gasteiger partial charge in [0.2, 0.25) is 5.88 Å². The van der Waals surface area contributed by atoms with E-state index in [1.54, 1.807) is 0 Å². The van der Waals surface area contributed by atoms with Crippen LogP contribution in [-0.2, 0) is 0 Å². The van der Waals surface area contributed by atoms with Crippen molar-refractivity contribution in [3.63, 3.8) is 0 Å². The summed E-state index contributed by atoms with van der Waals surface area (Å²) in [7, 11) is 0. The van der Waals surface area contributed by atoms with Crippen LogP contribution in [-0.4, -0.2) is 31.0 Å². The van der Waals surface area contributed by atoms with E-state index in [0.717, 1.165) is 0 Å². The average Bonchev–Trinajstić information content (AvgIpc) is 2.37. The Kier molecular flexibility index (Phi) is 2.71. The van der Waals surface area contributed by atoms with Gasteiger partial charge in [0.05, 0.1) is 0 Å². The fourth-order valence-corrected chi connectivity index (χ4v) is 2.13. The molecule has 0 radical (unpaired) electrons. The Morgan fingerprint density at radius 3 is 2.80 bits per heavy atom. The molecule has 0 spiro atoms. The molecule has 10 heteroatoms. The van der Waals surface area contributed by atoms with Gasteiger partial charge >= 0.3 is 0 Å². The van der Waals surface area contributed by atoms with Crippen molar-refractivity contribution in [3.05, 3.63) is 38.8 Å². The number of hydrogen-bond acceptors (Lipinski definition) is 8. The Morgan fingerprint density at radius 2 is 2.05 bits per heavy atom. The molecule has 1 atom stereocenters. The quantitative estimate of drug-likeness (QED) is 0.456. The van der Waals surface area contributed by atoms with Gasteiger partial charge in [-0.2, -0.15) is 0 Å². The zero-order valence-electron chi connectivity index (χ0n) is 9.91. The summed E-state index contributed by atoms with van der Waals surface area (Å²) >= 11 is 4.78. The minimum atomic E-state index is -0.865. The summed E-state index contributed by atoms with van der Waals surface area (Å²) in [5.74, 6) is 0.0781. The lowest BCUT2D eigenvalue weighted by atomic mass is 10.1. The van der Waals surface area contributed by atoms with E-state index in [4.69, 9.17) is 18.0 Å². The highest BCUT2D eigenvalue weighted by molar-refractivity contribution is 7.71. The highest BCUT2D eigenvalue weighted by atomic mass is 32.1. The Bertz CT molecular complexity index is 825. The number of hydrogen-bond donors (Lipinski definition) is 5. The number of nitrogens with two attached hydrogens (primary N) is 1. The van der Waals surface area contributed by atoms with Crippen LogP contribution in [0.15, 0.2) is 22.2 Å². The summed E-state index contributed by atoms with van der Waals surface area (Å²) in [4.78, 5) is 29.1. The summed E-state index contributed by atoms with van der Waals surface area (Å²) < 4.78 is 0.0153. The van der Waals surface area contributed by atoms with Gasteiger partial charge in [-0.1, -0.05) is 0 Å². The largest absolute Gasteiger partial charge is 0.494 e. The molecule has 0 fully saturated rings. The second-order valence-corrected chi connectivity index (χ2v) is 4.41. The third-order valence-corrected chi connectivity index (χ3v) is 2.94. The maximum Gasteiger partial charge on any atom is 0.261 e. The fraction of sp³-hybridized carbons (Fsp3) is 0.100. The fourth-order valence-electron chi connectivity index (χ4n) is 1.94. The Balaban J connectivity index is 2.26. The third-order valence-electron chi connectivity index (χ3n) is 2.73. The first-order valence-electron chi connectivity index (χ1n) is 5.53. The van der Waals surface area contributed by atoms with Gasteiger partial charge in [-0.3, -0.25) is 14.8 Å². The van der Waals surface area contributed by atoms with E-state index < -0.39 is 11.6 Å². The highest BCUT2D eigenvalue weighted by Gasteiger charge is 2.29. The Hall–Kier alpha value is -2.75. The number of anilines is 1. The molecule has 6 N–H and O–H groups in total. The van der Waals surface area contributed by atoms with Crippen LogP contribution >= 0.6 is 12.2 Å². The summed E-state index contributed by atoms with van der Waals surface area (Å²) in [6.45, 7) is 0. The molecule has 1 aliphatic heterocycles. The second-order valence-electron chi connectivity index (χ2n) is 4.00. The van der Waals surface area contributed by atoms with Crippen LogP contribution in [0.25, 0.3) is 0 Å². The van der Waals surface area contributed by atoms with Gasteiger partial charge in [-0.05, 0) is 12.2 Å². The molecule has 2 aromatic rings. The molecule has 3 rings (SSSR count). The molecule has 2 aromatic heterocycles. The van der Waals surface area contributed by atoms with Crippen LogP contribution in [0.4, 0.5) is 5.82 Å². The number of nitrogens with zero attached hydrogens (tertiary/aromatic N) is 3. The summed E-state index contributed by atoms with van der Waals surface area (Å²) in [5.41, 5.74) is 5.45. The van der Waals surface area contributed by atoms with Crippen LogP contribution in [0.3, 0.4) is 0 Å². The Morgan fingerprint density at radius 1 is 1.30 bits per heavy atom. The predicted molar refractivity (Wildman–Crippen MR) is 73.0 cm³/mol. The molecule has 0 aliphatic carbocycles. The van der Waals surface area contributed by atoms with E-state index in [9.17, 15) is 9.90 Å². The lowest BCUT2D eigenvalue weighted by molar-refractivity contribution is 0.438. The molecule has 0 saturated carbocycles. The molecule has 0 saturated heterocycles. The predicted octanol–water partition coefficient (Wildman–Crippen LogP) is -0.242. The first-order valence-corrected chi connectivity index (χ1v) is 5.93. The van der Waals surface area contributed by atoms with Crippen LogP contribution in [0.2, 0.25) is 0 Å². The number of aromatic amines is 2. The monoisotopic (exact) mass is 291 g/mol. The van der Waals surface area contributed by atoms with Gasteiger partial charge in [-0.25, -0.2) is 9.98 Å². The molecule has 9 nitrogen and oxygen atoms in total. The number of rotatable bonds is 1. The lowest BCUT2D eigenvalue weighted by Gasteiger charge is -2.21. The topological polar surface area (TPSA) is 145 Å². The Labute approximate surface area is 116 Å². The second kappa shape index (κ2) is 4.42. The summed E-state index contributed by atoms with van der Waals surface area (Å²) in [6.07, 6.45) is 2.94. The molecule has 0 amide bonds. The molecule has 3 heterocycles. The maximum absolute atomic E-state index is 12.0. The van der Waals surface area contributed by atoms with Crippen molar-refractivity contribution in [2.75, 3.05) is 5.32 Å². The molecule has 1 aliphatic rings. The zero-order valence-corrected chi connectivity index (χ0v) is 10.7. The highest BCUT2D eigenvalue weighted by Crippen LogP contribution is 2.32. The number of aromatic nitrogens is 4. The van der Waals surface area contributed by atoms with E-state index >= 15 is 0 Å². The lowest BCUT2D eigenvalue weighted by Crippen LogP contribution is -2.31. The number of fused-ring (bicyclic) bond motifs is 1. The van der Waals surface area contributed by atoms with Gasteiger partial charge in [0.15, 0.2) is 16.5 Å². The first-order chi connectivity index (χ1) is 9.56. The van der Waals surface area contributed by atoms with Gasteiger partial charge in [0, 0.05) is 12.4 Å². The van der Waals surface area contributed by atoms with Gasteiger partial charge in [0.1, 0.15) is 17.3 Å². The number of aromatic hydroxyl groups is 1. The molecular formula is C10H9N7O2S. The van der Waals surface area contributed by atoms with Crippen molar-refractivity contribution >= 4 is 24.0 Å². The van der Waals surface area contributed by atoms with Crippen LogP contribution in [0.5, 0.6) is 5.88 Å². The minimum absolute atomic E-state index is 0.0153. The van der Waals surface area contributed by atoms with E-state index in [1.165, 1.54) is 12.4 Å². The van der Waals surface area contributed by atoms with Crippen molar-refractivity contribution in [3.8, 4) is 5.88 Å². The van der Waals surface area contributed by atoms with E-state index in [-0.39, 0.29) is 22.2 Å². The van der Waals surface area contributed by atoms with Crippen LogP contribution < -0.4 is 16.6 Å². The van der Waals surface area contributed by atoms with Crippen molar-refractivity contribution in [1.82, 2.24) is 19.9 Å². The van der Waals surface area contributed by atoms with Crippen molar-refractivity contribution < 1.29 is 5.11 Å². The molecular weight excluding hydrogens is 282 g/mol. The van der Waals surface area contributed by atoms with E-state index in [0.29, 0.717) is 11.5 Å². The normalized spacial score (nSPS) is 17.0. The smallest absolute Gasteiger partial charge is 0.261 e. The number of nitrogens with one attached hydrogen (secondary N) is 3. The zero-order chi connectivity index (χ0) is 14.3. The van der Waals surface area contributed by atoms with Crippen molar-refractivity contribution in [2.45, 2.75) is 6.04 Å². The summed E-state index contributed by atoms with van der Waals surface area (Å²) in [6, 6.07) is -0.865. The SMILES string of the molecule is NC1=NC(c2c(O)[nH]c(=S)[nH]c2=O)c2nccnc2N1. The first kappa shape index (κ1) is 12.3. The van der Waals surface area contributed by atoms with E-state index in [2.05, 4.69) is 30.2 Å². The standard InChI is InChI=1S/C10H9N7O2S/c11-9-14-4(5-6(15-9)13-2-1-12-5)3-7(18)16-10(20)17-8(3)19/h1-2,4H,(H3,11,13,14,15)(H3,16,17,18,19,20). The molecule has 0 aromatic carbocycles. The maximum atomic E-state index is 12.0. The van der Waals surface area contributed by atoms with Crippen LogP contribution in [0.1, 0.15) is 17.3 Å². The van der Waals surface area contributed by atoms with Gasteiger partial charge < -0.3 is 21.1 Å². The molecule has 0 bridgehead atoms. The summed E-state index contributed by atoms with van der Waals surface area (Å²) in [5, 5.41) is 12.7. The van der Waals surface area contributed by atoms with Gasteiger partial charge in [0.25, 0.3) is 5.56 Å². The van der Waals surface area contributed by atoms with Gasteiger partial charge in [-0.15, -0.1) is 0 Å². The minimum Gasteiger partial charge on any atom is -0.494 e. The molecule has 102 valence electrons. The number of guanidine groups is 1. The van der Waals surface area contributed by atoms with Crippen molar-refractivity contribution in [1.29, 1.82) is 0 Å². The molecule has 1 unspecified atom stereocenters. The van der Waals surface area contributed by atoms with Crippen LogP contribution in [0, 0.1) is 4.77 Å².